The molecule has 0 aromatic carbocycles. The number of aromatic nitrogens is 1. The number of morpholine rings is 1. The topological polar surface area (TPSA) is 54.8 Å². The molecule has 3 rings (SSSR count). The highest BCUT2D eigenvalue weighted by Crippen LogP contribution is 2.19. The van der Waals surface area contributed by atoms with Gasteiger partial charge < -0.3 is 14.2 Å². The van der Waals surface area contributed by atoms with E-state index in [1.54, 1.807) is 4.57 Å². The van der Waals surface area contributed by atoms with Crippen LogP contribution < -0.4 is 5.56 Å². The molecular formula is C21H31N3O3. The van der Waals surface area contributed by atoms with E-state index in [4.69, 9.17) is 4.74 Å². The largest absolute Gasteiger partial charge is 0.379 e. The van der Waals surface area contributed by atoms with Crippen LogP contribution in [0.3, 0.4) is 0 Å². The molecule has 1 saturated heterocycles. The number of hydrogen-bond acceptors (Lipinski definition) is 4. The number of nitrogens with zero attached hydrogens (tertiary/aromatic N) is 3. The molecule has 1 atom stereocenters. The number of carbonyl (C=O) groups excluding carboxylic acids is 1. The summed E-state index contributed by atoms with van der Waals surface area (Å²) in [7, 11) is 0. The van der Waals surface area contributed by atoms with Gasteiger partial charge >= 0.3 is 0 Å². The lowest BCUT2D eigenvalue weighted by molar-refractivity contribution is 0.0362. The van der Waals surface area contributed by atoms with Gasteiger partial charge in [-0.3, -0.25) is 14.5 Å². The lowest BCUT2D eigenvalue weighted by atomic mass is 10.1. The van der Waals surface area contributed by atoms with Crippen molar-refractivity contribution in [2.45, 2.75) is 45.7 Å². The molecular weight excluding hydrogens is 342 g/mol. The zero-order valence-corrected chi connectivity index (χ0v) is 16.5. The predicted octanol–water partition coefficient (Wildman–Crippen LogP) is 2.06. The van der Waals surface area contributed by atoms with E-state index in [-0.39, 0.29) is 17.5 Å². The molecule has 0 bridgehead atoms. The van der Waals surface area contributed by atoms with E-state index >= 15 is 0 Å². The Bertz CT molecular complexity index is 735. The lowest BCUT2D eigenvalue weighted by Gasteiger charge is -2.27. The number of rotatable bonds is 7. The highest BCUT2D eigenvalue weighted by atomic mass is 16.5. The second kappa shape index (κ2) is 9.33. The Morgan fingerprint density at radius 3 is 2.78 bits per heavy atom. The summed E-state index contributed by atoms with van der Waals surface area (Å²) in [6, 6.07) is 2.00. The zero-order chi connectivity index (χ0) is 19.2. The number of hydrogen-bond donors (Lipinski definition) is 0. The number of aryl methyl sites for hydroxylation is 1. The second-order valence-corrected chi connectivity index (χ2v) is 7.42. The molecule has 1 fully saturated rings. The van der Waals surface area contributed by atoms with Crippen LogP contribution in [0.2, 0.25) is 0 Å². The number of amides is 1. The first-order valence-corrected chi connectivity index (χ1v) is 10.1. The monoisotopic (exact) mass is 373 g/mol. The van der Waals surface area contributed by atoms with Gasteiger partial charge in [-0.1, -0.05) is 31.9 Å². The van der Waals surface area contributed by atoms with E-state index in [1.807, 2.05) is 30.2 Å². The number of unbranched alkanes of at least 4 members (excludes halogenated alkanes) is 1. The molecule has 0 spiro atoms. The standard InChI is InChI=1S/C21H31N3O3/c1-3-4-6-18-7-5-9-24(18)21(26)19-17(2)8-10-23(20(19)25)12-11-22-13-15-27-16-14-22/h5,7-8,10,18H,3-4,6,9,11-16H2,1-2H3. The minimum Gasteiger partial charge on any atom is -0.379 e. The molecule has 1 amide bonds. The van der Waals surface area contributed by atoms with E-state index in [9.17, 15) is 9.59 Å². The van der Waals surface area contributed by atoms with Crippen LogP contribution in [0.1, 0.15) is 42.1 Å². The molecule has 2 aliphatic rings. The average molecular weight is 373 g/mol. The fourth-order valence-electron chi connectivity index (χ4n) is 3.79. The van der Waals surface area contributed by atoms with Gasteiger partial charge in [0.05, 0.1) is 19.3 Å². The van der Waals surface area contributed by atoms with Crippen molar-refractivity contribution >= 4 is 5.91 Å². The minimum atomic E-state index is -0.172. The van der Waals surface area contributed by atoms with Crippen LogP contribution in [-0.2, 0) is 11.3 Å². The molecule has 3 heterocycles. The maximum absolute atomic E-state index is 13.2. The highest BCUT2D eigenvalue weighted by Gasteiger charge is 2.28. The second-order valence-electron chi connectivity index (χ2n) is 7.42. The van der Waals surface area contributed by atoms with E-state index in [1.165, 1.54) is 0 Å². The van der Waals surface area contributed by atoms with E-state index in [0.717, 1.165) is 57.7 Å². The first kappa shape index (κ1) is 19.8. The molecule has 148 valence electrons. The van der Waals surface area contributed by atoms with Crippen molar-refractivity contribution in [1.29, 1.82) is 0 Å². The van der Waals surface area contributed by atoms with Gasteiger partial charge in [0.1, 0.15) is 5.56 Å². The Morgan fingerprint density at radius 2 is 2.04 bits per heavy atom. The summed E-state index contributed by atoms with van der Waals surface area (Å²) in [6.07, 6.45) is 9.08. The SMILES string of the molecule is CCCCC1C=CCN1C(=O)c1c(C)ccn(CCN2CCOCC2)c1=O. The summed E-state index contributed by atoms with van der Waals surface area (Å²) >= 11 is 0. The Morgan fingerprint density at radius 1 is 1.26 bits per heavy atom. The van der Waals surface area contributed by atoms with Crippen LogP contribution >= 0.6 is 0 Å². The maximum atomic E-state index is 13.2. The molecule has 27 heavy (non-hydrogen) atoms. The van der Waals surface area contributed by atoms with Crippen molar-refractivity contribution in [1.82, 2.24) is 14.4 Å². The summed E-state index contributed by atoms with van der Waals surface area (Å²) in [5.74, 6) is -0.135. The van der Waals surface area contributed by atoms with Gasteiger partial charge in [0, 0.05) is 38.9 Å². The normalized spacial score (nSPS) is 20.4. The third-order valence-electron chi connectivity index (χ3n) is 5.52. The molecule has 1 aromatic heterocycles. The van der Waals surface area contributed by atoms with Gasteiger partial charge in [0.25, 0.3) is 11.5 Å². The zero-order valence-electron chi connectivity index (χ0n) is 16.5. The summed E-state index contributed by atoms with van der Waals surface area (Å²) < 4.78 is 7.05. The fourth-order valence-corrected chi connectivity index (χ4v) is 3.79. The molecule has 0 saturated carbocycles. The van der Waals surface area contributed by atoms with Crippen molar-refractivity contribution in [2.75, 3.05) is 39.4 Å². The first-order valence-electron chi connectivity index (χ1n) is 10.1. The third kappa shape index (κ3) is 4.68. The van der Waals surface area contributed by atoms with Gasteiger partial charge in [0.15, 0.2) is 0 Å². The molecule has 0 aliphatic carbocycles. The highest BCUT2D eigenvalue weighted by molar-refractivity contribution is 5.96. The summed E-state index contributed by atoms with van der Waals surface area (Å²) in [5, 5.41) is 0. The molecule has 6 nitrogen and oxygen atoms in total. The van der Waals surface area contributed by atoms with E-state index < -0.39 is 0 Å². The van der Waals surface area contributed by atoms with Gasteiger partial charge in [0.2, 0.25) is 0 Å². The van der Waals surface area contributed by atoms with Crippen LogP contribution in [0.25, 0.3) is 0 Å². The Hall–Kier alpha value is -1.92. The fraction of sp³-hybridized carbons (Fsp3) is 0.619. The van der Waals surface area contributed by atoms with Gasteiger partial charge in [-0.25, -0.2) is 0 Å². The van der Waals surface area contributed by atoms with Crippen molar-refractivity contribution in [3.63, 3.8) is 0 Å². The molecule has 2 aliphatic heterocycles. The van der Waals surface area contributed by atoms with Crippen molar-refractivity contribution in [3.8, 4) is 0 Å². The number of carbonyl (C=O) groups is 1. The van der Waals surface area contributed by atoms with Gasteiger partial charge in [-0.2, -0.15) is 0 Å². The minimum absolute atomic E-state index is 0.109. The van der Waals surface area contributed by atoms with Crippen molar-refractivity contribution in [2.24, 2.45) is 0 Å². The Labute approximate surface area is 161 Å². The van der Waals surface area contributed by atoms with Crippen LogP contribution in [-0.4, -0.2) is 65.7 Å². The van der Waals surface area contributed by atoms with Gasteiger partial charge in [-0.15, -0.1) is 0 Å². The first-order chi connectivity index (χ1) is 13.1. The number of pyridine rings is 1. The Balaban J connectivity index is 1.74. The average Bonchev–Trinajstić information content (AvgIpc) is 3.15. The van der Waals surface area contributed by atoms with E-state index in [0.29, 0.717) is 18.7 Å². The summed E-state index contributed by atoms with van der Waals surface area (Å²) in [6.45, 7) is 9.26. The van der Waals surface area contributed by atoms with Crippen LogP contribution in [0.5, 0.6) is 0 Å². The molecule has 6 heteroatoms. The van der Waals surface area contributed by atoms with Crippen LogP contribution in [0.4, 0.5) is 0 Å². The molecule has 1 unspecified atom stereocenters. The predicted molar refractivity (Wildman–Crippen MR) is 106 cm³/mol. The quantitative estimate of drug-likeness (QED) is 0.687. The maximum Gasteiger partial charge on any atom is 0.263 e. The summed E-state index contributed by atoms with van der Waals surface area (Å²) in [4.78, 5) is 30.3. The van der Waals surface area contributed by atoms with Crippen LogP contribution in [0.15, 0.2) is 29.2 Å². The lowest BCUT2D eigenvalue weighted by Crippen LogP contribution is -2.42. The molecule has 0 N–H and O–H groups in total. The number of ether oxygens (including phenoxy) is 1. The summed E-state index contributed by atoms with van der Waals surface area (Å²) in [5.41, 5.74) is 0.910. The Kier molecular flexibility index (Phi) is 6.85. The molecule has 0 radical (unpaired) electrons. The van der Waals surface area contributed by atoms with Crippen LogP contribution in [0, 0.1) is 6.92 Å². The molecule has 1 aromatic rings. The third-order valence-corrected chi connectivity index (χ3v) is 5.52. The van der Waals surface area contributed by atoms with Crippen molar-refractivity contribution in [3.05, 3.63) is 45.9 Å². The smallest absolute Gasteiger partial charge is 0.263 e. The van der Waals surface area contributed by atoms with E-state index in [2.05, 4.69) is 17.9 Å². The van der Waals surface area contributed by atoms with Gasteiger partial charge in [-0.05, 0) is 25.0 Å². The van der Waals surface area contributed by atoms with Crippen molar-refractivity contribution < 1.29 is 9.53 Å².